The molecule has 0 saturated heterocycles. The van der Waals surface area contributed by atoms with Gasteiger partial charge in [0, 0.05) is 28.1 Å². The number of fused-ring (bicyclic) bond motifs is 2. The molecule has 29 heavy (non-hydrogen) atoms. The second-order valence-corrected chi connectivity index (χ2v) is 7.68. The fourth-order valence-corrected chi connectivity index (χ4v) is 4.47. The van der Waals surface area contributed by atoms with Crippen molar-refractivity contribution in [1.82, 2.24) is 0 Å². The molecule has 3 aromatic rings. The lowest BCUT2D eigenvalue weighted by Crippen LogP contribution is -2.19. The van der Waals surface area contributed by atoms with Gasteiger partial charge in [0.25, 0.3) is 0 Å². The van der Waals surface area contributed by atoms with Gasteiger partial charge >= 0.3 is 0 Å². The fourth-order valence-electron chi connectivity index (χ4n) is 3.32. The van der Waals surface area contributed by atoms with Gasteiger partial charge in [-0.15, -0.1) is 0 Å². The van der Waals surface area contributed by atoms with Gasteiger partial charge < -0.3 is 15.0 Å². The number of benzene rings is 3. The minimum Gasteiger partial charge on any atom is -0.497 e. The zero-order chi connectivity index (χ0) is 20.2. The van der Waals surface area contributed by atoms with Crippen molar-refractivity contribution in [3.05, 3.63) is 78.4 Å². The number of methoxy groups -OCH3 is 1. The smallest absolute Gasteiger partial charge is 0.248 e. The van der Waals surface area contributed by atoms with Crippen LogP contribution in [0.2, 0.25) is 0 Å². The third-order valence-corrected chi connectivity index (χ3v) is 5.86. The second-order valence-electron chi connectivity index (χ2n) is 6.59. The van der Waals surface area contributed by atoms with Gasteiger partial charge in [-0.25, -0.2) is 0 Å². The van der Waals surface area contributed by atoms with Crippen molar-refractivity contribution in [3.8, 4) is 5.75 Å². The number of carbonyl (C=O) groups excluding carboxylic acids is 1. The van der Waals surface area contributed by atoms with Crippen LogP contribution in [-0.2, 0) is 4.79 Å². The lowest BCUT2D eigenvalue weighted by atomic mass is 10.1. The van der Waals surface area contributed by atoms with E-state index in [0.717, 1.165) is 23.5 Å². The van der Waals surface area contributed by atoms with Crippen LogP contribution in [0.3, 0.4) is 0 Å². The van der Waals surface area contributed by atoms with Gasteiger partial charge in [0.05, 0.1) is 18.5 Å². The molecule has 0 saturated carbocycles. The van der Waals surface area contributed by atoms with Gasteiger partial charge in [0.1, 0.15) is 5.75 Å². The van der Waals surface area contributed by atoms with Crippen LogP contribution in [-0.4, -0.2) is 19.6 Å². The maximum atomic E-state index is 12.2. The zero-order valence-electron chi connectivity index (χ0n) is 16.4. The summed E-state index contributed by atoms with van der Waals surface area (Å²) >= 11 is 1.77. The Morgan fingerprint density at radius 1 is 1.03 bits per heavy atom. The van der Waals surface area contributed by atoms with Crippen LogP contribution >= 0.6 is 11.8 Å². The van der Waals surface area contributed by atoms with E-state index in [9.17, 15) is 4.79 Å². The third kappa shape index (κ3) is 4.15. The molecule has 4 nitrogen and oxygen atoms in total. The molecule has 3 aromatic carbocycles. The van der Waals surface area contributed by atoms with Gasteiger partial charge in [-0.05, 0) is 67.1 Å². The molecule has 146 valence electrons. The van der Waals surface area contributed by atoms with E-state index in [-0.39, 0.29) is 5.91 Å². The summed E-state index contributed by atoms with van der Waals surface area (Å²) in [5, 5.41) is 2.86. The SMILES string of the molecule is CCN1c2ccccc2Sc2cc(/C=C/C(=O)Nc3ccc(OC)cc3)ccc21. The highest BCUT2D eigenvalue weighted by Crippen LogP contribution is 2.48. The van der Waals surface area contributed by atoms with Crippen molar-refractivity contribution >= 4 is 40.8 Å². The largest absolute Gasteiger partial charge is 0.497 e. The Bertz CT molecular complexity index is 1060. The van der Waals surface area contributed by atoms with Crippen molar-refractivity contribution < 1.29 is 9.53 Å². The van der Waals surface area contributed by atoms with Gasteiger partial charge in [0.15, 0.2) is 0 Å². The fraction of sp³-hybridized carbons (Fsp3) is 0.125. The van der Waals surface area contributed by atoms with Gasteiger partial charge in [0.2, 0.25) is 5.91 Å². The Balaban J connectivity index is 1.50. The quantitative estimate of drug-likeness (QED) is 0.534. The van der Waals surface area contributed by atoms with E-state index in [2.05, 4.69) is 53.5 Å². The summed E-state index contributed by atoms with van der Waals surface area (Å²) in [6.45, 7) is 3.07. The van der Waals surface area contributed by atoms with E-state index < -0.39 is 0 Å². The second kappa shape index (κ2) is 8.45. The Labute approximate surface area is 175 Å². The first-order valence-corrected chi connectivity index (χ1v) is 10.3. The van der Waals surface area contributed by atoms with Crippen LogP contribution in [0, 0.1) is 0 Å². The Morgan fingerprint density at radius 2 is 1.79 bits per heavy atom. The zero-order valence-corrected chi connectivity index (χ0v) is 17.2. The summed E-state index contributed by atoms with van der Waals surface area (Å²) in [6.07, 6.45) is 3.40. The van der Waals surface area contributed by atoms with Crippen molar-refractivity contribution in [3.63, 3.8) is 0 Å². The van der Waals surface area contributed by atoms with Crippen molar-refractivity contribution in [2.24, 2.45) is 0 Å². The summed E-state index contributed by atoms with van der Waals surface area (Å²) < 4.78 is 5.13. The lowest BCUT2D eigenvalue weighted by molar-refractivity contribution is -0.111. The highest BCUT2D eigenvalue weighted by Gasteiger charge is 2.21. The Kier molecular flexibility index (Phi) is 5.58. The summed E-state index contributed by atoms with van der Waals surface area (Å²) in [4.78, 5) is 17.0. The number of nitrogens with zero attached hydrogens (tertiary/aromatic N) is 1. The van der Waals surface area contributed by atoms with E-state index in [0.29, 0.717) is 0 Å². The number of nitrogens with one attached hydrogen (secondary N) is 1. The van der Waals surface area contributed by atoms with Crippen LogP contribution in [0.25, 0.3) is 6.08 Å². The normalized spacial score (nSPS) is 12.4. The molecule has 5 heteroatoms. The average Bonchev–Trinajstić information content (AvgIpc) is 2.76. The van der Waals surface area contributed by atoms with E-state index in [1.165, 1.54) is 21.2 Å². The average molecular weight is 403 g/mol. The van der Waals surface area contributed by atoms with Crippen LogP contribution in [0.5, 0.6) is 5.75 Å². The number of rotatable bonds is 5. The number of amides is 1. The number of hydrogen-bond donors (Lipinski definition) is 1. The molecule has 0 unspecified atom stereocenters. The number of para-hydroxylation sites is 1. The summed E-state index contributed by atoms with van der Waals surface area (Å²) in [5.41, 5.74) is 4.18. The molecule has 0 aliphatic carbocycles. The Hall–Kier alpha value is -3.18. The molecule has 1 amide bonds. The van der Waals surface area contributed by atoms with E-state index in [1.807, 2.05) is 36.4 Å². The molecule has 0 aromatic heterocycles. The number of hydrogen-bond acceptors (Lipinski definition) is 4. The molecule has 4 rings (SSSR count). The maximum Gasteiger partial charge on any atom is 0.248 e. The molecule has 0 radical (unpaired) electrons. The van der Waals surface area contributed by atoms with Crippen molar-refractivity contribution in [2.75, 3.05) is 23.9 Å². The van der Waals surface area contributed by atoms with E-state index >= 15 is 0 Å². The molecular weight excluding hydrogens is 380 g/mol. The van der Waals surface area contributed by atoms with Crippen LogP contribution in [0.1, 0.15) is 12.5 Å². The molecule has 0 atom stereocenters. The topological polar surface area (TPSA) is 41.6 Å². The Morgan fingerprint density at radius 3 is 2.55 bits per heavy atom. The third-order valence-electron chi connectivity index (χ3n) is 4.75. The lowest BCUT2D eigenvalue weighted by Gasteiger charge is -2.32. The van der Waals surface area contributed by atoms with Crippen molar-refractivity contribution in [1.29, 1.82) is 0 Å². The van der Waals surface area contributed by atoms with Crippen LogP contribution in [0.4, 0.5) is 17.1 Å². The predicted molar refractivity (Wildman–Crippen MR) is 120 cm³/mol. The molecule has 0 spiro atoms. The maximum absolute atomic E-state index is 12.2. The van der Waals surface area contributed by atoms with Crippen LogP contribution in [0.15, 0.2) is 82.6 Å². The molecular formula is C24H22N2O2S. The molecule has 1 aliphatic heterocycles. The standard InChI is InChI=1S/C24H22N2O2S/c1-3-26-20-6-4-5-7-22(20)29-23-16-17(8-14-21(23)26)9-15-24(27)25-18-10-12-19(28-2)13-11-18/h4-16H,3H2,1-2H3,(H,25,27)/b15-9+. The first kappa shape index (κ1) is 19.2. The van der Waals surface area contributed by atoms with E-state index in [1.54, 1.807) is 24.9 Å². The highest BCUT2D eigenvalue weighted by molar-refractivity contribution is 7.99. The first-order valence-electron chi connectivity index (χ1n) is 9.49. The number of ether oxygens (including phenoxy) is 1. The van der Waals surface area contributed by atoms with Crippen LogP contribution < -0.4 is 15.0 Å². The molecule has 0 fully saturated rings. The highest BCUT2D eigenvalue weighted by atomic mass is 32.2. The minimum absolute atomic E-state index is 0.166. The summed E-state index contributed by atoms with van der Waals surface area (Å²) in [5.74, 6) is 0.592. The first-order chi connectivity index (χ1) is 14.2. The molecule has 0 bridgehead atoms. The molecule has 1 N–H and O–H groups in total. The van der Waals surface area contributed by atoms with Gasteiger partial charge in [-0.2, -0.15) is 0 Å². The van der Waals surface area contributed by atoms with Gasteiger partial charge in [-0.1, -0.05) is 30.0 Å². The molecule has 1 heterocycles. The van der Waals surface area contributed by atoms with E-state index in [4.69, 9.17) is 4.74 Å². The monoisotopic (exact) mass is 402 g/mol. The predicted octanol–water partition coefficient (Wildman–Crippen LogP) is 5.97. The van der Waals surface area contributed by atoms with Gasteiger partial charge in [-0.3, -0.25) is 4.79 Å². The number of carbonyl (C=O) groups is 1. The van der Waals surface area contributed by atoms with Crippen molar-refractivity contribution in [2.45, 2.75) is 16.7 Å². The number of anilines is 3. The summed E-state index contributed by atoms with van der Waals surface area (Å²) in [6, 6.07) is 22.0. The minimum atomic E-state index is -0.166. The summed E-state index contributed by atoms with van der Waals surface area (Å²) in [7, 11) is 1.62. The molecule has 1 aliphatic rings.